The molecule has 0 unspecified atom stereocenters. The van der Waals surface area contributed by atoms with Crippen molar-refractivity contribution in [1.29, 1.82) is 0 Å². The van der Waals surface area contributed by atoms with Crippen LogP contribution in [0.2, 0.25) is 0 Å². The quantitative estimate of drug-likeness (QED) is 0.642. The summed E-state index contributed by atoms with van der Waals surface area (Å²) in [5, 5.41) is 11.8. The van der Waals surface area contributed by atoms with Crippen LogP contribution in [0.3, 0.4) is 0 Å². The van der Waals surface area contributed by atoms with Crippen molar-refractivity contribution in [1.82, 2.24) is 15.2 Å². The molecule has 1 fully saturated rings. The van der Waals surface area contributed by atoms with Crippen LogP contribution in [0.5, 0.6) is 0 Å². The van der Waals surface area contributed by atoms with E-state index in [1.807, 2.05) is 6.07 Å². The summed E-state index contributed by atoms with van der Waals surface area (Å²) < 4.78 is 39.5. The summed E-state index contributed by atoms with van der Waals surface area (Å²) in [4.78, 5) is 4.23. The standard InChI is InChI=1S/C20H20FN5O2S/c1-29(27,28)26-15-6-2-5-14(13-15)17-8-9-18(25-24-17)23-20(10-4-11-20)19-16(21)7-3-12-22-19/h2-3,5-9,12-13,26H,4,10-11H2,1H3,(H,23,25). The van der Waals surface area contributed by atoms with Crippen LogP contribution in [0, 0.1) is 5.82 Å². The molecule has 0 aliphatic heterocycles. The number of nitrogens with zero attached hydrogens (tertiary/aromatic N) is 3. The van der Waals surface area contributed by atoms with Gasteiger partial charge in [0.25, 0.3) is 0 Å². The third-order valence-corrected chi connectivity index (χ3v) is 5.52. The van der Waals surface area contributed by atoms with Crippen LogP contribution in [0.1, 0.15) is 25.0 Å². The normalized spacial score (nSPS) is 15.4. The predicted octanol–water partition coefficient (Wildman–Crippen LogP) is 3.54. The van der Waals surface area contributed by atoms with Crippen molar-refractivity contribution in [2.24, 2.45) is 0 Å². The smallest absolute Gasteiger partial charge is 0.229 e. The van der Waals surface area contributed by atoms with Crippen molar-refractivity contribution >= 4 is 21.5 Å². The Morgan fingerprint density at radius 2 is 1.90 bits per heavy atom. The first kappa shape index (κ1) is 19.3. The number of sulfonamides is 1. The topological polar surface area (TPSA) is 96.9 Å². The van der Waals surface area contributed by atoms with E-state index in [2.05, 4.69) is 25.2 Å². The molecule has 1 aliphatic carbocycles. The molecule has 2 N–H and O–H groups in total. The van der Waals surface area contributed by atoms with Gasteiger partial charge in [0.1, 0.15) is 17.3 Å². The van der Waals surface area contributed by atoms with E-state index in [1.54, 1.807) is 42.6 Å². The van der Waals surface area contributed by atoms with Gasteiger partial charge in [0.15, 0.2) is 0 Å². The largest absolute Gasteiger partial charge is 0.357 e. The summed E-state index contributed by atoms with van der Waals surface area (Å²) in [6.45, 7) is 0. The Morgan fingerprint density at radius 3 is 2.52 bits per heavy atom. The second kappa shape index (κ2) is 7.40. The van der Waals surface area contributed by atoms with E-state index in [1.165, 1.54) is 6.07 Å². The number of hydrogen-bond donors (Lipinski definition) is 2. The van der Waals surface area contributed by atoms with Crippen LogP contribution in [0.4, 0.5) is 15.9 Å². The van der Waals surface area contributed by atoms with Crippen molar-refractivity contribution in [3.63, 3.8) is 0 Å². The Kier molecular flexibility index (Phi) is 4.91. The Balaban J connectivity index is 1.56. The molecule has 0 atom stereocenters. The number of halogens is 1. The maximum Gasteiger partial charge on any atom is 0.229 e. The van der Waals surface area contributed by atoms with Gasteiger partial charge in [-0.25, -0.2) is 12.8 Å². The zero-order valence-electron chi connectivity index (χ0n) is 15.8. The van der Waals surface area contributed by atoms with Crippen LogP contribution >= 0.6 is 0 Å². The molecule has 1 aromatic carbocycles. The lowest BCUT2D eigenvalue weighted by molar-refractivity contribution is 0.265. The number of pyridine rings is 1. The van der Waals surface area contributed by atoms with Gasteiger partial charge in [0, 0.05) is 17.4 Å². The fourth-order valence-corrected chi connectivity index (χ4v) is 4.00. The summed E-state index contributed by atoms with van der Waals surface area (Å²) >= 11 is 0. The SMILES string of the molecule is CS(=O)(=O)Nc1cccc(-c2ccc(NC3(c4ncccc4F)CCC3)nn2)c1. The van der Waals surface area contributed by atoms with Crippen molar-refractivity contribution in [2.75, 3.05) is 16.3 Å². The molecule has 3 aromatic rings. The Morgan fingerprint density at radius 1 is 1.07 bits per heavy atom. The number of anilines is 2. The third-order valence-electron chi connectivity index (χ3n) is 4.91. The van der Waals surface area contributed by atoms with Gasteiger partial charge in [-0.3, -0.25) is 9.71 Å². The van der Waals surface area contributed by atoms with Crippen molar-refractivity contribution in [2.45, 2.75) is 24.8 Å². The summed E-state index contributed by atoms with van der Waals surface area (Å²) in [5.74, 6) is 0.198. The molecule has 0 spiro atoms. The number of benzene rings is 1. The molecule has 7 nitrogen and oxygen atoms in total. The second-order valence-corrected chi connectivity index (χ2v) is 8.90. The highest BCUT2D eigenvalue weighted by atomic mass is 32.2. The molecule has 4 rings (SSSR count). The molecule has 2 aromatic heterocycles. The van der Waals surface area contributed by atoms with Crippen LogP contribution in [0.15, 0.2) is 54.7 Å². The molecule has 0 saturated heterocycles. The average molecular weight is 413 g/mol. The van der Waals surface area contributed by atoms with Gasteiger partial charge in [-0.2, -0.15) is 0 Å². The fourth-order valence-electron chi connectivity index (χ4n) is 3.44. The molecule has 9 heteroatoms. The first-order valence-electron chi connectivity index (χ1n) is 9.16. The molecule has 2 heterocycles. The molecule has 1 saturated carbocycles. The summed E-state index contributed by atoms with van der Waals surface area (Å²) in [6.07, 6.45) is 5.20. The first-order valence-corrected chi connectivity index (χ1v) is 11.0. The van der Waals surface area contributed by atoms with Gasteiger partial charge in [0.05, 0.1) is 17.5 Å². The Labute approximate surface area is 168 Å². The Hall–Kier alpha value is -3.07. The summed E-state index contributed by atoms with van der Waals surface area (Å²) in [6, 6.07) is 13.5. The fraction of sp³-hybridized carbons (Fsp3) is 0.250. The van der Waals surface area contributed by atoms with E-state index in [4.69, 9.17) is 0 Å². The lowest BCUT2D eigenvalue weighted by Gasteiger charge is -2.42. The lowest BCUT2D eigenvalue weighted by atomic mass is 9.74. The monoisotopic (exact) mass is 413 g/mol. The van der Waals surface area contributed by atoms with Gasteiger partial charge >= 0.3 is 0 Å². The van der Waals surface area contributed by atoms with Crippen LogP contribution in [-0.4, -0.2) is 29.9 Å². The van der Waals surface area contributed by atoms with Gasteiger partial charge < -0.3 is 5.32 Å². The maximum absolute atomic E-state index is 14.3. The highest BCUT2D eigenvalue weighted by molar-refractivity contribution is 7.92. The third kappa shape index (κ3) is 4.19. The van der Waals surface area contributed by atoms with Gasteiger partial charge in [0.2, 0.25) is 10.0 Å². The van der Waals surface area contributed by atoms with Crippen molar-refractivity contribution < 1.29 is 12.8 Å². The molecule has 0 bridgehead atoms. The summed E-state index contributed by atoms with van der Waals surface area (Å²) in [5.41, 5.74) is 1.61. The van der Waals surface area contributed by atoms with Crippen LogP contribution in [0.25, 0.3) is 11.3 Å². The number of nitrogens with one attached hydrogen (secondary N) is 2. The molecule has 29 heavy (non-hydrogen) atoms. The molecular weight excluding hydrogens is 393 g/mol. The summed E-state index contributed by atoms with van der Waals surface area (Å²) in [7, 11) is -3.36. The van der Waals surface area contributed by atoms with E-state index in [0.29, 0.717) is 22.9 Å². The van der Waals surface area contributed by atoms with E-state index in [0.717, 1.165) is 31.1 Å². The molecule has 150 valence electrons. The predicted molar refractivity (Wildman–Crippen MR) is 109 cm³/mol. The second-order valence-electron chi connectivity index (χ2n) is 7.15. The minimum atomic E-state index is -3.36. The number of aromatic nitrogens is 3. The van der Waals surface area contributed by atoms with E-state index < -0.39 is 15.6 Å². The van der Waals surface area contributed by atoms with E-state index in [9.17, 15) is 12.8 Å². The Bertz CT molecular complexity index is 1130. The molecule has 1 aliphatic rings. The minimum absolute atomic E-state index is 0.334. The molecule has 0 radical (unpaired) electrons. The lowest BCUT2D eigenvalue weighted by Crippen LogP contribution is -2.43. The van der Waals surface area contributed by atoms with E-state index >= 15 is 0 Å². The van der Waals surface area contributed by atoms with E-state index in [-0.39, 0.29) is 5.82 Å². The highest BCUT2D eigenvalue weighted by Gasteiger charge is 2.42. The first-order chi connectivity index (χ1) is 13.8. The zero-order chi connectivity index (χ0) is 20.5. The molecule has 0 amide bonds. The average Bonchev–Trinajstić information content (AvgIpc) is 2.65. The highest BCUT2D eigenvalue weighted by Crippen LogP contribution is 2.43. The van der Waals surface area contributed by atoms with Gasteiger partial charge in [-0.1, -0.05) is 12.1 Å². The number of rotatable bonds is 6. The van der Waals surface area contributed by atoms with Gasteiger partial charge in [-0.05, 0) is 55.7 Å². The van der Waals surface area contributed by atoms with Crippen molar-refractivity contribution in [3.8, 4) is 11.3 Å². The zero-order valence-corrected chi connectivity index (χ0v) is 16.6. The number of hydrogen-bond acceptors (Lipinski definition) is 6. The van der Waals surface area contributed by atoms with Crippen molar-refractivity contribution in [3.05, 3.63) is 66.2 Å². The minimum Gasteiger partial charge on any atom is -0.357 e. The van der Waals surface area contributed by atoms with Gasteiger partial charge in [-0.15, -0.1) is 10.2 Å². The van der Waals surface area contributed by atoms with Crippen LogP contribution in [-0.2, 0) is 15.6 Å². The maximum atomic E-state index is 14.3. The molecular formula is C20H20FN5O2S. The van der Waals surface area contributed by atoms with Crippen LogP contribution < -0.4 is 10.0 Å².